The van der Waals surface area contributed by atoms with Crippen LogP contribution in [0.5, 0.6) is 0 Å². The van der Waals surface area contributed by atoms with E-state index in [-0.39, 0.29) is 11.6 Å². The van der Waals surface area contributed by atoms with Crippen molar-refractivity contribution in [3.8, 4) is 0 Å². The summed E-state index contributed by atoms with van der Waals surface area (Å²) in [4.78, 5) is 4.35. The number of pyridine rings is 1. The van der Waals surface area contributed by atoms with E-state index in [4.69, 9.17) is 10.5 Å². The van der Waals surface area contributed by atoms with Gasteiger partial charge in [0.2, 0.25) is 0 Å². The summed E-state index contributed by atoms with van der Waals surface area (Å²) >= 11 is 0. The zero-order chi connectivity index (χ0) is 15.3. The maximum Gasteiger partial charge on any atom is 0.128 e. The Hall–Kier alpha value is -1.13. The van der Waals surface area contributed by atoms with Crippen LogP contribution in [0.2, 0.25) is 0 Å². The molecule has 4 nitrogen and oxygen atoms in total. The highest BCUT2D eigenvalue weighted by Crippen LogP contribution is 2.41. The quantitative estimate of drug-likeness (QED) is 0.817. The summed E-state index contributed by atoms with van der Waals surface area (Å²) in [7, 11) is 1.84. The lowest BCUT2D eigenvalue weighted by Crippen LogP contribution is -2.45. The number of ether oxygens (including phenoxy) is 1. The van der Waals surface area contributed by atoms with Gasteiger partial charge in [0.15, 0.2) is 0 Å². The number of aromatic nitrogens is 1. The number of aryl methyl sites for hydroxylation is 1. The summed E-state index contributed by atoms with van der Waals surface area (Å²) in [6.45, 7) is 5.08. The van der Waals surface area contributed by atoms with Crippen molar-refractivity contribution in [3.63, 3.8) is 0 Å². The molecule has 0 bridgehead atoms. The van der Waals surface area contributed by atoms with Crippen molar-refractivity contribution in [1.29, 1.82) is 0 Å². The number of anilines is 1. The van der Waals surface area contributed by atoms with E-state index in [2.05, 4.69) is 30.2 Å². The predicted octanol–water partition coefficient (Wildman–Crippen LogP) is 3.36. The van der Waals surface area contributed by atoms with Crippen LogP contribution in [0.4, 0.5) is 5.82 Å². The summed E-state index contributed by atoms with van der Waals surface area (Å²) in [5.41, 5.74) is 8.23. The summed E-state index contributed by atoms with van der Waals surface area (Å²) in [6.07, 6.45) is 9.01. The third kappa shape index (κ3) is 3.55. The molecule has 118 valence electrons. The van der Waals surface area contributed by atoms with Crippen LogP contribution in [-0.4, -0.2) is 24.2 Å². The Morgan fingerprint density at radius 1 is 1.33 bits per heavy atom. The molecule has 21 heavy (non-hydrogen) atoms. The van der Waals surface area contributed by atoms with Crippen molar-refractivity contribution in [1.82, 2.24) is 10.3 Å². The zero-order valence-electron chi connectivity index (χ0n) is 13.6. The molecule has 4 heteroatoms. The molecule has 0 aliphatic heterocycles. The molecule has 1 heterocycles. The number of nitrogens with two attached hydrogens (primary N) is 1. The Kier molecular flexibility index (Phi) is 5.59. The first-order valence-electron chi connectivity index (χ1n) is 8.13. The number of likely N-dealkylation sites (N-methyl/N-ethyl adjacent to an activating group) is 1. The second-order valence-corrected chi connectivity index (χ2v) is 6.16. The number of nitrogens with one attached hydrogen (secondary N) is 1. The number of methoxy groups -OCH3 is 1. The second-order valence-electron chi connectivity index (χ2n) is 6.16. The lowest BCUT2D eigenvalue weighted by Gasteiger charge is -2.40. The van der Waals surface area contributed by atoms with Crippen LogP contribution in [0.3, 0.4) is 0 Å². The zero-order valence-corrected chi connectivity index (χ0v) is 13.6. The van der Waals surface area contributed by atoms with Crippen molar-refractivity contribution in [3.05, 3.63) is 23.4 Å². The molecule has 1 aliphatic rings. The van der Waals surface area contributed by atoms with Gasteiger partial charge in [-0.15, -0.1) is 0 Å². The van der Waals surface area contributed by atoms with E-state index in [0.717, 1.165) is 30.5 Å². The molecule has 0 radical (unpaired) electrons. The molecule has 0 aromatic carbocycles. The molecule has 0 spiro atoms. The van der Waals surface area contributed by atoms with Crippen LogP contribution in [0.15, 0.2) is 12.3 Å². The van der Waals surface area contributed by atoms with Crippen LogP contribution in [-0.2, 0) is 4.74 Å². The van der Waals surface area contributed by atoms with Gasteiger partial charge in [0.05, 0.1) is 11.6 Å². The summed E-state index contributed by atoms with van der Waals surface area (Å²) < 4.78 is 6.08. The van der Waals surface area contributed by atoms with Crippen molar-refractivity contribution in [2.45, 2.75) is 64.0 Å². The molecule has 1 aliphatic carbocycles. The lowest BCUT2D eigenvalue weighted by atomic mass is 9.82. The Morgan fingerprint density at radius 2 is 2.00 bits per heavy atom. The normalized spacial score (nSPS) is 20.0. The molecule has 1 unspecified atom stereocenters. The Bertz CT molecular complexity index is 453. The Labute approximate surface area is 128 Å². The minimum absolute atomic E-state index is 0.109. The molecule has 0 amide bonds. The SMILES string of the molecule is CCNC(c1cc(C)cnc1N)C1(OC)CCCCCC1. The van der Waals surface area contributed by atoms with Gasteiger partial charge < -0.3 is 15.8 Å². The topological polar surface area (TPSA) is 60.2 Å². The third-order valence-corrected chi connectivity index (χ3v) is 4.69. The summed E-state index contributed by atoms with van der Waals surface area (Å²) in [6, 6.07) is 2.26. The fourth-order valence-corrected chi connectivity index (χ4v) is 3.55. The molecule has 1 aromatic heterocycles. The Balaban J connectivity index is 2.41. The van der Waals surface area contributed by atoms with E-state index < -0.39 is 0 Å². The average Bonchev–Trinajstić information content (AvgIpc) is 2.74. The van der Waals surface area contributed by atoms with E-state index in [1.165, 1.54) is 25.7 Å². The van der Waals surface area contributed by atoms with E-state index in [1.807, 2.05) is 13.3 Å². The molecule has 1 fully saturated rings. The van der Waals surface area contributed by atoms with Crippen LogP contribution in [0.25, 0.3) is 0 Å². The van der Waals surface area contributed by atoms with E-state index >= 15 is 0 Å². The largest absolute Gasteiger partial charge is 0.383 e. The van der Waals surface area contributed by atoms with E-state index in [0.29, 0.717) is 5.82 Å². The first-order chi connectivity index (χ1) is 10.1. The van der Waals surface area contributed by atoms with Crippen LogP contribution >= 0.6 is 0 Å². The number of nitrogen functional groups attached to an aromatic ring is 1. The molecule has 1 aromatic rings. The van der Waals surface area contributed by atoms with E-state index in [9.17, 15) is 0 Å². The fraction of sp³-hybridized carbons (Fsp3) is 0.706. The lowest BCUT2D eigenvalue weighted by molar-refractivity contribution is -0.0535. The van der Waals surface area contributed by atoms with Gasteiger partial charge >= 0.3 is 0 Å². The first-order valence-corrected chi connectivity index (χ1v) is 8.13. The van der Waals surface area contributed by atoms with Gasteiger partial charge in [-0.25, -0.2) is 4.98 Å². The maximum absolute atomic E-state index is 6.17. The van der Waals surface area contributed by atoms with Crippen molar-refractivity contribution >= 4 is 5.82 Å². The Morgan fingerprint density at radius 3 is 2.57 bits per heavy atom. The summed E-state index contributed by atoms with van der Waals surface area (Å²) in [5, 5.41) is 3.61. The number of hydrogen-bond donors (Lipinski definition) is 2. The van der Waals surface area contributed by atoms with Gasteiger partial charge in [-0.2, -0.15) is 0 Å². The monoisotopic (exact) mass is 291 g/mol. The molecular weight excluding hydrogens is 262 g/mol. The smallest absolute Gasteiger partial charge is 0.128 e. The molecule has 1 saturated carbocycles. The highest BCUT2D eigenvalue weighted by Gasteiger charge is 2.40. The minimum atomic E-state index is -0.171. The van der Waals surface area contributed by atoms with Gasteiger partial charge in [0.1, 0.15) is 5.82 Å². The second kappa shape index (κ2) is 7.23. The predicted molar refractivity (Wildman–Crippen MR) is 87.2 cm³/mol. The first kappa shape index (κ1) is 16.2. The maximum atomic E-state index is 6.17. The van der Waals surface area contributed by atoms with Gasteiger partial charge in [-0.05, 0) is 37.9 Å². The fourth-order valence-electron chi connectivity index (χ4n) is 3.55. The molecule has 2 rings (SSSR count). The molecule has 0 saturated heterocycles. The average molecular weight is 291 g/mol. The van der Waals surface area contributed by atoms with Crippen LogP contribution < -0.4 is 11.1 Å². The number of hydrogen-bond acceptors (Lipinski definition) is 4. The van der Waals surface area contributed by atoms with Crippen molar-refractivity contribution in [2.75, 3.05) is 19.4 Å². The highest BCUT2D eigenvalue weighted by atomic mass is 16.5. The minimum Gasteiger partial charge on any atom is -0.383 e. The van der Waals surface area contributed by atoms with Gasteiger partial charge in [-0.3, -0.25) is 0 Å². The third-order valence-electron chi connectivity index (χ3n) is 4.69. The van der Waals surface area contributed by atoms with Crippen molar-refractivity contribution in [2.24, 2.45) is 0 Å². The molecular formula is C17H29N3O. The van der Waals surface area contributed by atoms with Crippen LogP contribution in [0, 0.1) is 6.92 Å². The highest BCUT2D eigenvalue weighted by molar-refractivity contribution is 5.44. The number of rotatable bonds is 5. The molecule has 3 N–H and O–H groups in total. The summed E-state index contributed by atoms with van der Waals surface area (Å²) in [5.74, 6) is 0.618. The van der Waals surface area contributed by atoms with Gasteiger partial charge in [0, 0.05) is 18.9 Å². The van der Waals surface area contributed by atoms with Crippen LogP contribution in [0.1, 0.15) is 62.6 Å². The van der Waals surface area contributed by atoms with Crippen molar-refractivity contribution < 1.29 is 4.74 Å². The van der Waals surface area contributed by atoms with Gasteiger partial charge in [0.25, 0.3) is 0 Å². The standard InChI is InChI=1S/C17H29N3O/c1-4-19-15(14-11-13(2)12-20-16(14)18)17(21-3)9-7-5-6-8-10-17/h11-12,15,19H,4-10H2,1-3H3,(H2,18,20). The van der Waals surface area contributed by atoms with Gasteiger partial charge in [-0.1, -0.05) is 32.6 Å². The van der Waals surface area contributed by atoms with E-state index in [1.54, 1.807) is 0 Å². The number of nitrogens with zero attached hydrogens (tertiary/aromatic N) is 1. The molecule has 1 atom stereocenters.